The van der Waals surface area contributed by atoms with Crippen LogP contribution in [0.3, 0.4) is 0 Å². The Morgan fingerprint density at radius 2 is 1.97 bits per heavy atom. The van der Waals surface area contributed by atoms with E-state index in [1.807, 2.05) is 13.8 Å². The number of benzene rings is 1. The van der Waals surface area contributed by atoms with Crippen LogP contribution in [0.25, 0.3) is 0 Å². The number of rotatable bonds is 11. The van der Waals surface area contributed by atoms with E-state index in [0.717, 1.165) is 0 Å². The first-order valence-corrected chi connectivity index (χ1v) is 11.8. The van der Waals surface area contributed by atoms with E-state index in [2.05, 4.69) is 5.32 Å². The first-order chi connectivity index (χ1) is 16.8. The number of hydrogen-bond donors (Lipinski definition) is 4. The molecule has 2 amide bonds. The van der Waals surface area contributed by atoms with E-state index in [1.54, 1.807) is 18.2 Å². The number of ether oxygens (including phenoxy) is 3. The smallest absolute Gasteiger partial charge is 0.247 e. The molecule has 10 heteroatoms. The molecule has 0 bridgehead atoms. The normalized spacial score (nSPS) is 22.7. The number of fused-ring (bicyclic) bond motifs is 3. The molecule has 1 aliphatic heterocycles. The molecule has 1 aromatic carbocycles. The van der Waals surface area contributed by atoms with E-state index < -0.39 is 30.1 Å². The zero-order chi connectivity index (χ0) is 25.7. The number of amides is 2. The lowest BCUT2D eigenvalue weighted by Gasteiger charge is -2.41. The monoisotopic (exact) mass is 492 g/mol. The third-order valence-electron chi connectivity index (χ3n) is 6.29. The van der Waals surface area contributed by atoms with Crippen molar-refractivity contribution < 1.29 is 39.1 Å². The van der Waals surface area contributed by atoms with Gasteiger partial charge in [-0.15, -0.1) is 0 Å². The molecule has 2 aliphatic rings. The van der Waals surface area contributed by atoms with Gasteiger partial charge >= 0.3 is 0 Å². The fraction of sp³-hybridized carbons (Fsp3) is 0.600. The van der Waals surface area contributed by atoms with Gasteiger partial charge in [-0.3, -0.25) is 9.59 Å². The molecular formula is C25H36N2O8. The van der Waals surface area contributed by atoms with Gasteiger partial charge in [-0.05, 0) is 29.7 Å². The molecule has 4 atom stereocenters. The van der Waals surface area contributed by atoms with Crippen LogP contribution in [0.2, 0.25) is 0 Å². The van der Waals surface area contributed by atoms with Crippen LogP contribution in [0.15, 0.2) is 23.8 Å². The van der Waals surface area contributed by atoms with Gasteiger partial charge < -0.3 is 39.7 Å². The molecule has 0 saturated carbocycles. The van der Waals surface area contributed by atoms with Crippen LogP contribution in [-0.4, -0.2) is 90.8 Å². The zero-order valence-electron chi connectivity index (χ0n) is 20.7. The largest absolute Gasteiger partial charge is 0.493 e. The van der Waals surface area contributed by atoms with Gasteiger partial charge in [0.2, 0.25) is 11.8 Å². The summed E-state index contributed by atoms with van der Waals surface area (Å²) in [6.07, 6.45) is -0.120. The van der Waals surface area contributed by atoms with Gasteiger partial charge in [0.25, 0.3) is 0 Å². The molecule has 194 valence electrons. The topological polar surface area (TPSA) is 138 Å². The first kappa shape index (κ1) is 26.9. The van der Waals surface area contributed by atoms with Crippen LogP contribution < -0.4 is 14.8 Å². The molecule has 0 spiro atoms. The van der Waals surface area contributed by atoms with E-state index in [1.165, 1.54) is 19.1 Å². The van der Waals surface area contributed by atoms with Gasteiger partial charge in [-0.1, -0.05) is 13.8 Å². The molecule has 0 fully saturated rings. The number of aliphatic hydroxyl groups excluding tert-OH is 3. The van der Waals surface area contributed by atoms with Crippen LogP contribution in [-0.2, 0) is 20.9 Å². The molecule has 35 heavy (non-hydrogen) atoms. The van der Waals surface area contributed by atoms with Crippen molar-refractivity contribution in [2.45, 2.75) is 51.0 Å². The highest BCUT2D eigenvalue weighted by atomic mass is 16.5. The molecule has 10 nitrogen and oxygen atoms in total. The number of carbonyl (C=O) groups excluding carboxylic acids is 2. The number of nitrogens with zero attached hydrogens (tertiary/aromatic N) is 1. The fourth-order valence-electron chi connectivity index (χ4n) is 4.72. The molecule has 1 aliphatic carbocycles. The van der Waals surface area contributed by atoms with Crippen molar-refractivity contribution in [1.82, 2.24) is 10.2 Å². The maximum absolute atomic E-state index is 13.2. The summed E-state index contributed by atoms with van der Waals surface area (Å²) >= 11 is 0. The lowest BCUT2D eigenvalue weighted by molar-refractivity contribution is -0.138. The minimum atomic E-state index is -1.14. The van der Waals surface area contributed by atoms with Gasteiger partial charge in [0.15, 0.2) is 11.5 Å². The Morgan fingerprint density at radius 1 is 1.23 bits per heavy atom. The third-order valence-corrected chi connectivity index (χ3v) is 6.29. The van der Waals surface area contributed by atoms with Crippen molar-refractivity contribution in [3.05, 3.63) is 34.9 Å². The van der Waals surface area contributed by atoms with Crippen LogP contribution in [0.4, 0.5) is 0 Å². The zero-order valence-corrected chi connectivity index (χ0v) is 20.7. The molecule has 0 aromatic heterocycles. The molecule has 3 rings (SSSR count). The predicted octanol–water partition coefficient (Wildman–Crippen LogP) is 0.331. The van der Waals surface area contributed by atoms with Gasteiger partial charge in [0.05, 0.1) is 38.9 Å². The number of aliphatic hydroxyl groups is 3. The SMILES string of the molecule is COCCN(C(=O)CC(C)C)C1C=C(C(=O)NCCO)C2c3cc(CO)cc(OC)c3OC2C1O. The first-order valence-electron chi connectivity index (χ1n) is 11.8. The standard InChI is InChI=1S/C25H36N2O8/c1-14(2)9-20(30)27(6-8-33-3)18-12-17(25(32)26-5-7-28)21-16-10-15(13-29)11-19(34-4)23(16)35-24(21)22(18)31/h10-12,14,18,21-22,24,28-29,31H,5-9,13H2,1-4H3,(H,26,32). The van der Waals surface area contributed by atoms with Crippen molar-refractivity contribution >= 4 is 11.8 Å². The number of carbonyl (C=O) groups is 2. The third kappa shape index (κ3) is 5.61. The number of nitrogens with one attached hydrogen (secondary N) is 1. The number of methoxy groups -OCH3 is 2. The van der Waals surface area contributed by atoms with Gasteiger partial charge in [-0.2, -0.15) is 0 Å². The van der Waals surface area contributed by atoms with Crippen LogP contribution in [0.1, 0.15) is 37.3 Å². The van der Waals surface area contributed by atoms with Crippen LogP contribution >= 0.6 is 0 Å². The summed E-state index contributed by atoms with van der Waals surface area (Å²) in [6.45, 7) is 3.94. The second-order valence-corrected chi connectivity index (χ2v) is 9.20. The van der Waals surface area contributed by atoms with Crippen molar-refractivity contribution in [3.8, 4) is 11.5 Å². The maximum Gasteiger partial charge on any atom is 0.247 e. The van der Waals surface area contributed by atoms with E-state index >= 15 is 0 Å². The lowest BCUT2D eigenvalue weighted by atomic mass is 9.77. The van der Waals surface area contributed by atoms with E-state index in [9.17, 15) is 24.9 Å². The van der Waals surface area contributed by atoms with Crippen molar-refractivity contribution in [1.29, 1.82) is 0 Å². The average Bonchev–Trinajstić information content (AvgIpc) is 3.22. The Labute approximate surface area is 205 Å². The summed E-state index contributed by atoms with van der Waals surface area (Å²) in [6, 6.07) is 2.55. The summed E-state index contributed by atoms with van der Waals surface area (Å²) < 4.78 is 16.8. The molecule has 0 radical (unpaired) electrons. The van der Waals surface area contributed by atoms with E-state index in [4.69, 9.17) is 14.2 Å². The van der Waals surface area contributed by atoms with Gasteiger partial charge in [-0.25, -0.2) is 0 Å². The van der Waals surface area contributed by atoms with E-state index in [-0.39, 0.29) is 51.2 Å². The van der Waals surface area contributed by atoms with Crippen molar-refractivity contribution in [2.75, 3.05) is 40.5 Å². The molecular weight excluding hydrogens is 456 g/mol. The Hall–Kier alpha value is -2.66. The Kier molecular flexibility index (Phi) is 9.12. The van der Waals surface area contributed by atoms with Crippen molar-refractivity contribution in [3.63, 3.8) is 0 Å². The minimum Gasteiger partial charge on any atom is -0.493 e. The summed E-state index contributed by atoms with van der Waals surface area (Å²) in [5, 5.41) is 33.1. The number of hydrogen-bond acceptors (Lipinski definition) is 8. The van der Waals surface area contributed by atoms with Crippen molar-refractivity contribution in [2.24, 2.45) is 5.92 Å². The minimum absolute atomic E-state index is 0.0498. The molecule has 4 unspecified atom stereocenters. The van der Waals surface area contributed by atoms with Crippen LogP contribution in [0, 0.1) is 5.92 Å². The summed E-state index contributed by atoms with van der Waals surface area (Å²) in [5.74, 6) is -0.380. The second-order valence-electron chi connectivity index (χ2n) is 9.20. The molecule has 0 saturated heterocycles. The molecule has 1 heterocycles. The van der Waals surface area contributed by atoms with Gasteiger partial charge in [0.1, 0.15) is 12.2 Å². The highest BCUT2D eigenvalue weighted by Gasteiger charge is 2.51. The fourth-order valence-corrected chi connectivity index (χ4v) is 4.72. The average molecular weight is 493 g/mol. The Bertz CT molecular complexity index is 948. The quantitative estimate of drug-likeness (QED) is 0.347. The summed E-state index contributed by atoms with van der Waals surface area (Å²) in [7, 11) is 3.01. The Balaban J connectivity index is 2.10. The maximum atomic E-state index is 13.2. The van der Waals surface area contributed by atoms with E-state index in [0.29, 0.717) is 28.2 Å². The highest BCUT2D eigenvalue weighted by molar-refractivity contribution is 5.96. The highest BCUT2D eigenvalue weighted by Crippen LogP contribution is 2.51. The van der Waals surface area contributed by atoms with Gasteiger partial charge in [0, 0.05) is 37.8 Å². The Morgan fingerprint density at radius 3 is 2.57 bits per heavy atom. The predicted molar refractivity (Wildman–Crippen MR) is 127 cm³/mol. The summed E-state index contributed by atoms with van der Waals surface area (Å²) in [4.78, 5) is 27.9. The molecule has 4 N–H and O–H groups in total. The molecule has 1 aromatic rings. The van der Waals surface area contributed by atoms with Crippen LogP contribution in [0.5, 0.6) is 11.5 Å². The second kappa shape index (κ2) is 11.9. The summed E-state index contributed by atoms with van der Waals surface area (Å²) in [5.41, 5.74) is 1.50. The lowest BCUT2D eigenvalue weighted by Crippen LogP contribution is -2.56.